The fraction of sp³-hybridized carbons (Fsp3) is 0.273. The van der Waals surface area contributed by atoms with Crippen LogP contribution in [-0.2, 0) is 4.79 Å². The molecule has 1 rings (SSSR count). The molecule has 0 aliphatic heterocycles. The number of rotatable bonds is 3. The smallest absolute Gasteiger partial charge is 0.433 e. The molecule has 0 spiro atoms. The first-order valence-corrected chi connectivity index (χ1v) is 4.75. The van der Waals surface area contributed by atoms with Crippen molar-refractivity contribution in [3.8, 4) is 0 Å². The van der Waals surface area contributed by atoms with Gasteiger partial charge in [0.15, 0.2) is 0 Å². The maximum absolute atomic E-state index is 12.7. The van der Waals surface area contributed by atoms with Gasteiger partial charge in [0, 0.05) is 5.56 Å². The Morgan fingerprint density at radius 2 is 1.82 bits per heavy atom. The first-order chi connectivity index (χ1) is 7.82. The van der Waals surface area contributed by atoms with Gasteiger partial charge in [0.25, 0.3) is 0 Å². The summed E-state index contributed by atoms with van der Waals surface area (Å²) in [7, 11) is 0. The normalized spacial score (nSPS) is 14.5. The Labute approximate surface area is 95.6 Å². The Morgan fingerprint density at radius 3 is 2.24 bits per heavy atom. The molecule has 0 saturated carbocycles. The zero-order valence-corrected chi connectivity index (χ0v) is 8.90. The van der Waals surface area contributed by atoms with Gasteiger partial charge in [-0.3, -0.25) is 4.99 Å². The maximum Gasteiger partial charge on any atom is 0.433 e. The van der Waals surface area contributed by atoms with E-state index in [4.69, 9.17) is 5.11 Å². The molecule has 0 radical (unpaired) electrons. The molecule has 3 nitrogen and oxygen atoms in total. The number of carboxylic acids is 1. The Morgan fingerprint density at radius 1 is 1.29 bits per heavy atom. The molecular weight excluding hydrogens is 235 g/mol. The van der Waals surface area contributed by atoms with E-state index in [-0.39, 0.29) is 5.56 Å². The van der Waals surface area contributed by atoms with Crippen molar-refractivity contribution in [1.29, 1.82) is 0 Å². The van der Waals surface area contributed by atoms with E-state index in [9.17, 15) is 18.0 Å². The minimum absolute atomic E-state index is 0.145. The second-order valence-electron chi connectivity index (χ2n) is 3.36. The van der Waals surface area contributed by atoms with Crippen molar-refractivity contribution >= 4 is 11.7 Å². The van der Waals surface area contributed by atoms with Gasteiger partial charge in [0.05, 0.1) is 0 Å². The van der Waals surface area contributed by atoms with Gasteiger partial charge in [-0.1, -0.05) is 30.3 Å². The molecule has 0 bridgehead atoms. The fourth-order valence-corrected chi connectivity index (χ4v) is 1.16. The molecule has 1 atom stereocenters. The lowest BCUT2D eigenvalue weighted by Gasteiger charge is -2.12. The minimum Gasteiger partial charge on any atom is -0.480 e. The van der Waals surface area contributed by atoms with E-state index in [1.54, 1.807) is 6.07 Å². The van der Waals surface area contributed by atoms with E-state index in [1.807, 2.05) is 0 Å². The Balaban J connectivity index is 3.19. The molecule has 17 heavy (non-hydrogen) atoms. The quantitative estimate of drug-likeness (QED) is 0.832. The van der Waals surface area contributed by atoms with Crippen LogP contribution in [-0.4, -0.2) is 29.0 Å². The average Bonchev–Trinajstić information content (AvgIpc) is 2.25. The second kappa shape index (κ2) is 4.99. The fourth-order valence-electron chi connectivity index (χ4n) is 1.16. The largest absolute Gasteiger partial charge is 0.480 e. The van der Waals surface area contributed by atoms with Gasteiger partial charge < -0.3 is 5.11 Å². The molecule has 1 aromatic carbocycles. The summed E-state index contributed by atoms with van der Waals surface area (Å²) < 4.78 is 38.1. The molecule has 0 unspecified atom stereocenters. The summed E-state index contributed by atoms with van der Waals surface area (Å²) in [5.74, 6) is -1.40. The number of hydrogen-bond donors (Lipinski definition) is 1. The highest BCUT2D eigenvalue weighted by molar-refractivity contribution is 6.05. The summed E-state index contributed by atoms with van der Waals surface area (Å²) in [5, 5.41) is 8.57. The van der Waals surface area contributed by atoms with Crippen molar-refractivity contribution in [3.05, 3.63) is 35.9 Å². The van der Waals surface area contributed by atoms with Gasteiger partial charge in [0.1, 0.15) is 11.8 Å². The third-order valence-electron chi connectivity index (χ3n) is 2.00. The van der Waals surface area contributed by atoms with Crippen molar-refractivity contribution in [1.82, 2.24) is 0 Å². The van der Waals surface area contributed by atoms with Crippen molar-refractivity contribution < 1.29 is 23.1 Å². The Kier molecular flexibility index (Phi) is 3.88. The van der Waals surface area contributed by atoms with Gasteiger partial charge in [-0.2, -0.15) is 13.2 Å². The SMILES string of the molecule is C[C@H](N=C(c1ccccc1)C(F)(F)F)C(=O)O. The van der Waals surface area contributed by atoms with Crippen molar-refractivity contribution in [2.45, 2.75) is 19.1 Å². The molecule has 1 aromatic rings. The summed E-state index contributed by atoms with van der Waals surface area (Å²) in [5.41, 5.74) is -1.32. The topological polar surface area (TPSA) is 49.7 Å². The van der Waals surface area contributed by atoms with Crippen LogP contribution in [0.3, 0.4) is 0 Å². The number of alkyl halides is 3. The Bertz CT molecular complexity index is 426. The number of aliphatic imine (C=N–C) groups is 1. The predicted octanol–water partition coefficient (Wildman–Crippen LogP) is 2.51. The molecule has 0 amide bonds. The van der Waals surface area contributed by atoms with Crippen LogP contribution < -0.4 is 0 Å². The molecule has 0 aliphatic rings. The van der Waals surface area contributed by atoms with Crippen LogP contribution in [0.15, 0.2) is 35.3 Å². The first-order valence-electron chi connectivity index (χ1n) is 4.75. The van der Waals surface area contributed by atoms with Crippen LogP contribution in [0.5, 0.6) is 0 Å². The zero-order valence-electron chi connectivity index (χ0n) is 8.90. The van der Waals surface area contributed by atoms with Gasteiger partial charge in [0.2, 0.25) is 0 Å². The van der Waals surface area contributed by atoms with E-state index in [1.165, 1.54) is 24.3 Å². The molecule has 92 valence electrons. The van der Waals surface area contributed by atoms with Crippen LogP contribution in [0, 0.1) is 0 Å². The molecule has 0 heterocycles. The lowest BCUT2D eigenvalue weighted by atomic mass is 10.1. The lowest BCUT2D eigenvalue weighted by Crippen LogP contribution is -2.27. The second-order valence-corrected chi connectivity index (χ2v) is 3.36. The third-order valence-corrected chi connectivity index (χ3v) is 2.00. The first kappa shape index (κ1) is 13.2. The number of aliphatic carboxylic acids is 1. The molecule has 0 fully saturated rings. The van der Waals surface area contributed by atoms with E-state index in [0.717, 1.165) is 6.92 Å². The molecule has 0 aromatic heterocycles. The maximum atomic E-state index is 12.7. The van der Waals surface area contributed by atoms with Gasteiger partial charge in [-0.25, -0.2) is 4.79 Å². The van der Waals surface area contributed by atoms with Gasteiger partial charge >= 0.3 is 12.1 Å². The standard InChI is InChI=1S/C11H10F3NO2/c1-7(10(16)17)15-9(11(12,13)14)8-5-3-2-4-6-8/h2-7H,1H3,(H,16,17)/t7-/m0/s1. The van der Waals surface area contributed by atoms with Crippen LogP contribution in [0.2, 0.25) is 0 Å². The monoisotopic (exact) mass is 245 g/mol. The number of benzene rings is 1. The highest BCUT2D eigenvalue weighted by atomic mass is 19.4. The van der Waals surface area contributed by atoms with Crippen LogP contribution >= 0.6 is 0 Å². The molecule has 1 N–H and O–H groups in total. The predicted molar refractivity (Wildman–Crippen MR) is 56.1 cm³/mol. The summed E-state index contributed by atoms with van der Waals surface area (Å²) >= 11 is 0. The summed E-state index contributed by atoms with van der Waals surface area (Å²) in [6.07, 6.45) is -4.68. The van der Waals surface area contributed by atoms with E-state index in [0.29, 0.717) is 0 Å². The molecule has 0 saturated heterocycles. The summed E-state index contributed by atoms with van der Waals surface area (Å²) in [6, 6.07) is 5.47. The van der Waals surface area contributed by atoms with Crippen molar-refractivity contribution in [2.24, 2.45) is 4.99 Å². The third kappa shape index (κ3) is 3.58. The molecule has 6 heteroatoms. The molecular formula is C11H10F3NO2. The van der Waals surface area contributed by atoms with Crippen LogP contribution in [0.1, 0.15) is 12.5 Å². The lowest BCUT2D eigenvalue weighted by molar-refractivity contribution is -0.138. The number of carbonyl (C=O) groups is 1. The Hall–Kier alpha value is -1.85. The van der Waals surface area contributed by atoms with Crippen LogP contribution in [0.25, 0.3) is 0 Å². The minimum atomic E-state index is -4.68. The summed E-state index contributed by atoms with van der Waals surface area (Å²) in [4.78, 5) is 13.7. The number of nitrogens with zero attached hydrogens (tertiary/aromatic N) is 1. The van der Waals surface area contributed by atoms with Gasteiger partial charge in [-0.15, -0.1) is 0 Å². The van der Waals surface area contributed by atoms with E-state index >= 15 is 0 Å². The van der Waals surface area contributed by atoms with Crippen molar-refractivity contribution in [2.75, 3.05) is 0 Å². The van der Waals surface area contributed by atoms with E-state index in [2.05, 4.69) is 4.99 Å². The number of hydrogen-bond acceptors (Lipinski definition) is 2. The van der Waals surface area contributed by atoms with E-state index < -0.39 is 23.9 Å². The average molecular weight is 245 g/mol. The molecule has 0 aliphatic carbocycles. The van der Waals surface area contributed by atoms with Gasteiger partial charge in [-0.05, 0) is 6.92 Å². The highest BCUT2D eigenvalue weighted by Crippen LogP contribution is 2.23. The number of halogens is 3. The number of carboxylic acid groups (broad SMARTS) is 1. The highest BCUT2D eigenvalue weighted by Gasteiger charge is 2.37. The zero-order chi connectivity index (χ0) is 13.1. The summed E-state index contributed by atoms with van der Waals surface area (Å²) in [6.45, 7) is 1.09. The van der Waals surface area contributed by atoms with Crippen LogP contribution in [0.4, 0.5) is 13.2 Å². The van der Waals surface area contributed by atoms with Crippen molar-refractivity contribution in [3.63, 3.8) is 0 Å².